The Bertz CT molecular complexity index is 1110. The minimum atomic E-state index is -4.52. The molecule has 0 spiro atoms. The van der Waals surface area contributed by atoms with Crippen LogP contribution < -0.4 is 10.7 Å². The lowest BCUT2D eigenvalue weighted by molar-refractivity contribution is -0.137. The van der Waals surface area contributed by atoms with Crippen molar-refractivity contribution in [3.05, 3.63) is 93.4 Å². The lowest BCUT2D eigenvalue weighted by Gasteiger charge is -2.15. The quantitative estimate of drug-likeness (QED) is 0.683. The number of nitrogens with one attached hydrogen (secondary N) is 1. The van der Waals surface area contributed by atoms with Gasteiger partial charge in [0.1, 0.15) is 0 Å². The number of carbonyl (C=O) groups is 1. The first-order chi connectivity index (χ1) is 14.2. The molecule has 156 valence electrons. The summed E-state index contributed by atoms with van der Waals surface area (Å²) in [6, 6.07) is 15.3. The Morgan fingerprint density at radius 2 is 1.80 bits per heavy atom. The molecular formula is C22H20F3N3O2. The fraction of sp³-hybridized carbons (Fsp3) is 0.227. The van der Waals surface area contributed by atoms with Gasteiger partial charge in [0.25, 0.3) is 5.91 Å². The van der Waals surface area contributed by atoms with Gasteiger partial charge in [-0.05, 0) is 36.6 Å². The largest absolute Gasteiger partial charge is 0.416 e. The van der Waals surface area contributed by atoms with Crippen LogP contribution in [0.3, 0.4) is 0 Å². The van der Waals surface area contributed by atoms with Crippen LogP contribution in [0.25, 0.3) is 5.69 Å². The van der Waals surface area contributed by atoms with Crippen LogP contribution in [0, 0.1) is 6.92 Å². The molecule has 8 heteroatoms. The first-order valence-electron chi connectivity index (χ1n) is 9.28. The molecule has 1 aromatic heterocycles. The van der Waals surface area contributed by atoms with Gasteiger partial charge < -0.3 is 5.32 Å². The van der Waals surface area contributed by atoms with Crippen molar-refractivity contribution in [1.29, 1.82) is 0 Å². The lowest BCUT2D eigenvalue weighted by atomic mass is 10.0. The van der Waals surface area contributed by atoms with E-state index in [1.165, 1.54) is 25.1 Å². The number of amides is 1. The Morgan fingerprint density at radius 3 is 2.47 bits per heavy atom. The molecule has 1 atom stereocenters. The van der Waals surface area contributed by atoms with Gasteiger partial charge in [0.05, 0.1) is 11.3 Å². The third-order valence-electron chi connectivity index (χ3n) is 4.68. The molecule has 0 unspecified atom stereocenters. The second-order valence-corrected chi connectivity index (χ2v) is 6.98. The number of aryl methyl sites for hydroxylation is 1. The molecule has 1 heterocycles. The number of hydrogen-bond acceptors (Lipinski definition) is 3. The Balaban J connectivity index is 1.86. The maximum absolute atomic E-state index is 13.0. The number of nitrogens with zero attached hydrogens (tertiary/aromatic N) is 2. The number of hydrogen-bond donors (Lipinski definition) is 1. The number of alkyl halides is 3. The molecule has 0 bridgehead atoms. The molecule has 3 rings (SSSR count). The molecule has 0 fully saturated rings. The van der Waals surface area contributed by atoms with Crippen molar-refractivity contribution >= 4 is 5.91 Å². The molecule has 3 aromatic rings. The zero-order chi connectivity index (χ0) is 21.9. The highest BCUT2D eigenvalue weighted by Gasteiger charge is 2.30. The van der Waals surface area contributed by atoms with Crippen LogP contribution in [0.4, 0.5) is 13.2 Å². The van der Waals surface area contributed by atoms with E-state index in [-0.39, 0.29) is 23.8 Å². The Hall–Kier alpha value is -3.42. The summed E-state index contributed by atoms with van der Waals surface area (Å²) in [4.78, 5) is 24.8. The van der Waals surface area contributed by atoms with E-state index in [0.29, 0.717) is 5.69 Å². The monoisotopic (exact) mass is 415 g/mol. The molecule has 30 heavy (non-hydrogen) atoms. The van der Waals surface area contributed by atoms with Crippen molar-refractivity contribution in [2.24, 2.45) is 0 Å². The number of carbonyl (C=O) groups excluding carboxylic acids is 1. The minimum absolute atomic E-state index is 0.00583. The van der Waals surface area contributed by atoms with E-state index in [4.69, 9.17) is 0 Å². The molecule has 0 aliphatic carbocycles. The molecular weight excluding hydrogens is 395 g/mol. The van der Waals surface area contributed by atoms with E-state index in [2.05, 4.69) is 10.4 Å². The van der Waals surface area contributed by atoms with Gasteiger partial charge in [-0.2, -0.15) is 18.3 Å². The van der Waals surface area contributed by atoms with Crippen LogP contribution in [0.2, 0.25) is 0 Å². The van der Waals surface area contributed by atoms with Gasteiger partial charge in [0.2, 0.25) is 5.43 Å². The van der Waals surface area contributed by atoms with Crippen LogP contribution in [0.5, 0.6) is 0 Å². The topological polar surface area (TPSA) is 64.0 Å². The van der Waals surface area contributed by atoms with Crippen LogP contribution in [0.15, 0.2) is 65.5 Å². The van der Waals surface area contributed by atoms with Crippen LogP contribution >= 0.6 is 0 Å². The van der Waals surface area contributed by atoms with Gasteiger partial charge in [0.15, 0.2) is 5.69 Å². The fourth-order valence-corrected chi connectivity index (χ4v) is 3.01. The second-order valence-electron chi connectivity index (χ2n) is 6.98. The van der Waals surface area contributed by atoms with Crippen molar-refractivity contribution in [2.45, 2.75) is 25.9 Å². The zero-order valence-corrected chi connectivity index (χ0v) is 16.4. The SMILES string of the molecule is Cc1cc(=O)c(C(=O)NC[C@@H](C)c2ccccc2)nn1-c1cccc(C(F)(F)F)c1. The summed E-state index contributed by atoms with van der Waals surface area (Å²) in [5, 5.41) is 6.72. The van der Waals surface area contributed by atoms with E-state index in [0.717, 1.165) is 22.4 Å². The van der Waals surface area contributed by atoms with Crippen LogP contribution in [-0.2, 0) is 6.18 Å². The maximum Gasteiger partial charge on any atom is 0.416 e. The number of benzene rings is 2. The summed E-state index contributed by atoms with van der Waals surface area (Å²) in [6.45, 7) is 3.74. The Labute approximate surface area is 171 Å². The first kappa shape index (κ1) is 21.3. The van der Waals surface area contributed by atoms with Crippen LogP contribution in [-0.4, -0.2) is 22.2 Å². The van der Waals surface area contributed by atoms with E-state index in [9.17, 15) is 22.8 Å². The van der Waals surface area contributed by atoms with Crippen molar-refractivity contribution in [3.63, 3.8) is 0 Å². The summed E-state index contributed by atoms with van der Waals surface area (Å²) in [6.07, 6.45) is -4.52. The molecule has 1 N–H and O–H groups in total. The Kier molecular flexibility index (Phi) is 6.05. The van der Waals surface area contributed by atoms with E-state index >= 15 is 0 Å². The van der Waals surface area contributed by atoms with Crippen LogP contribution in [0.1, 0.15) is 40.2 Å². The highest BCUT2D eigenvalue weighted by molar-refractivity contribution is 5.92. The maximum atomic E-state index is 13.0. The summed E-state index contributed by atoms with van der Waals surface area (Å²) in [5.74, 6) is -0.671. The fourth-order valence-electron chi connectivity index (χ4n) is 3.01. The third kappa shape index (κ3) is 4.76. The average Bonchev–Trinajstić information content (AvgIpc) is 2.72. The predicted octanol–water partition coefficient (Wildman–Crippen LogP) is 4.09. The normalized spacial score (nSPS) is 12.4. The number of rotatable bonds is 5. The first-order valence-corrected chi connectivity index (χ1v) is 9.28. The molecule has 0 aliphatic heterocycles. The third-order valence-corrected chi connectivity index (χ3v) is 4.68. The molecule has 0 radical (unpaired) electrons. The van der Waals surface area contributed by atoms with Gasteiger partial charge in [-0.25, -0.2) is 4.68 Å². The average molecular weight is 415 g/mol. The summed E-state index contributed by atoms with van der Waals surface area (Å²) < 4.78 is 40.2. The zero-order valence-electron chi connectivity index (χ0n) is 16.4. The van der Waals surface area contributed by atoms with Gasteiger partial charge in [0, 0.05) is 18.3 Å². The molecule has 1 amide bonds. The van der Waals surface area contributed by atoms with E-state index in [1.807, 2.05) is 37.3 Å². The highest BCUT2D eigenvalue weighted by atomic mass is 19.4. The highest BCUT2D eigenvalue weighted by Crippen LogP contribution is 2.30. The van der Waals surface area contributed by atoms with Gasteiger partial charge in [-0.3, -0.25) is 9.59 Å². The molecule has 0 saturated carbocycles. The summed E-state index contributed by atoms with van der Waals surface area (Å²) >= 11 is 0. The number of aromatic nitrogens is 2. The smallest absolute Gasteiger partial charge is 0.350 e. The Morgan fingerprint density at radius 1 is 1.10 bits per heavy atom. The van der Waals surface area contributed by atoms with Gasteiger partial charge in [-0.1, -0.05) is 43.3 Å². The summed E-state index contributed by atoms with van der Waals surface area (Å²) in [5.41, 5.74) is -0.375. The van der Waals surface area contributed by atoms with Crippen molar-refractivity contribution in [3.8, 4) is 5.69 Å². The van der Waals surface area contributed by atoms with Crippen molar-refractivity contribution in [2.75, 3.05) is 6.54 Å². The predicted molar refractivity (Wildman–Crippen MR) is 107 cm³/mol. The van der Waals surface area contributed by atoms with Gasteiger partial charge in [-0.15, -0.1) is 0 Å². The second kappa shape index (κ2) is 8.52. The van der Waals surface area contributed by atoms with E-state index in [1.54, 1.807) is 0 Å². The standard InChI is InChI=1S/C22H20F3N3O2/c1-14(16-7-4-3-5-8-16)13-26-21(30)20-19(29)11-15(2)28(27-20)18-10-6-9-17(12-18)22(23,24)25/h3-12,14H,13H2,1-2H3,(H,26,30)/t14-/m1/s1. The molecule has 0 saturated heterocycles. The summed E-state index contributed by atoms with van der Waals surface area (Å²) in [7, 11) is 0. The molecule has 0 aliphatic rings. The minimum Gasteiger partial charge on any atom is -0.350 e. The van der Waals surface area contributed by atoms with Gasteiger partial charge >= 0.3 is 6.18 Å². The molecule has 5 nitrogen and oxygen atoms in total. The number of halogens is 3. The molecule has 2 aromatic carbocycles. The van der Waals surface area contributed by atoms with E-state index < -0.39 is 23.1 Å². The lowest BCUT2D eigenvalue weighted by Crippen LogP contribution is -2.34. The van der Waals surface area contributed by atoms with Crippen molar-refractivity contribution < 1.29 is 18.0 Å². The van der Waals surface area contributed by atoms with Crippen molar-refractivity contribution in [1.82, 2.24) is 15.1 Å².